The Bertz CT molecular complexity index is 1030. The summed E-state index contributed by atoms with van der Waals surface area (Å²) in [6.07, 6.45) is 4.82. The van der Waals surface area contributed by atoms with Crippen molar-refractivity contribution < 1.29 is 19.1 Å². The number of aromatic nitrogens is 2. The third-order valence-electron chi connectivity index (χ3n) is 5.51. The summed E-state index contributed by atoms with van der Waals surface area (Å²) in [4.78, 5) is 45.3. The number of hydrogen-bond donors (Lipinski definition) is 4. The van der Waals surface area contributed by atoms with Gasteiger partial charge in [0, 0.05) is 18.4 Å². The van der Waals surface area contributed by atoms with Gasteiger partial charge >= 0.3 is 6.09 Å². The summed E-state index contributed by atoms with van der Waals surface area (Å²) in [7, 11) is 0. The third kappa shape index (κ3) is 5.57. The van der Waals surface area contributed by atoms with Crippen molar-refractivity contribution in [2.24, 2.45) is 0 Å². The summed E-state index contributed by atoms with van der Waals surface area (Å²) >= 11 is 0. The molecule has 0 bridgehead atoms. The summed E-state index contributed by atoms with van der Waals surface area (Å²) in [5, 5.41) is 5.87. The van der Waals surface area contributed by atoms with Crippen LogP contribution in [0.4, 0.5) is 10.7 Å². The van der Waals surface area contributed by atoms with Crippen LogP contribution in [0.3, 0.4) is 0 Å². The molecule has 10 nitrogen and oxygen atoms in total. The van der Waals surface area contributed by atoms with Gasteiger partial charge < -0.3 is 15.4 Å². The van der Waals surface area contributed by atoms with E-state index in [1.807, 2.05) is 12.1 Å². The Balaban J connectivity index is 1.25. The second kappa shape index (κ2) is 8.68. The Labute approximate surface area is 191 Å². The SMILES string of the molecule is CC(C)(C)OC(=O)NC1(C(=O)NNC(=O)c2cnc(NC3Cc4ccccc4C3)nc2)CC1. The van der Waals surface area contributed by atoms with E-state index in [1.54, 1.807) is 20.8 Å². The molecule has 1 aromatic carbocycles. The number of nitrogens with one attached hydrogen (secondary N) is 4. The van der Waals surface area contributed by atoms with Crippen molar-refractivity contribution in [2.45, 2.75) is 63.6 Å². The average molecular weight is 453 g/mol. The normalized spacial score (nSPS) is 16.3. The monoisotopic (exact) mass is 452 g/mol. The van der Waals surface area contributed by atoms with Crippen molar-refractivity contribution in [3.63, 3.8) is 0 Å². The molecule has 1 saturated carbocycles. The van der Waals surface area contributed by atoms with Crippen LogP contribution in [-0.4, -0.2) is 45.1 Å². The van der Waals surface area contributed by atoms with E-state index in [4.69, 9.17) is 4.74 Å². The van der Waals surface area contributed by atoms with Crippen LogP contribution in [0.2, 0.25) is 0 Å². The van der Waals surface area contributed by atoms with Gasteiger partial charge in [-0.1, -0.05) is 24.3 Å². The minimum absolute atomic E-state index is 0.195. The number of carbonyl (C=O) groups excluding carboxylic acids is 3. The maximum atomic E-state index is 12.5. The van der Waals surface area contributed by atoms with Crippen LogP contribution in [0.25, 0.3) is 0 Å². The minimum Gasteiger partial charge on any atom is -0.444 e. The molecule has 10 heteroatoms. The molecule has 0 spiro atoms. The Morgan fingerprint density at radius 1 is 1.00 bits per heavy atom. The van der Waals surface area contributed by atoms with Crippen molar-refractivity contribution in [2.75, 3.05) is 5.32 Å². The molecule has 0 atom stereocenters. The smallest absolute Gasteiger partial charge is 0.408 e. The van der Waals surface area contributed by atoms with Crippen LogP contribution in [0.15, 0.2) is 36.7 Å². The first kappa shape index (κ1) is 22.5. The number of amides is 3. The number of benzene rings is 1. The van der Waals surface area contributed by atoms with E-state index in [9.17, 15) is 14.4 Å². The predicted octanol–water partition coefficient (Wildman–Crippen LogP) is 1.87. The molecule has 2 aliphatic carbocycles. The van der Waals surface area contributed by atoms with E-state index in [2.05, 4.69) is 43.6 Å². The predicted molar refractivity (Wildman–Crippen MR) is 120 cm³/mol. The highest BCUT2D eigenvalue weighted by molar-refractivity contribution is 5.97. The zero-order valence-electron chi connectivity index (χ0n) is 18.9. The second-order valence-electron chi connectivity index (χ2n) is 9.43. The molecule has 1 fully saturated rings. The van der Waals surface area contributed by atoms with Crippen molar-refractivity contribution in [3.05, 3.63) is 53.3 Å². The molecule has 2 aliphatic rings. The number of nitrogens with zero attached hydrogens (tertiary/aromatic N) is 2. The van der Waals surface area contributed by atoms with Crippen LogP contribution in [0, 0.1) is 0 Å². The van der Waals surface area contributed by atoms with Gasteiger partial charge in [0.15, 0.2) is 0 Å². The zero-order valence-corrected chi connectivity index (χ0v) is 18.9. The van der Waals surface area contributed by atoms with Crippen molar-refractivity contribution >= 4 is 23.9 Å². The Kier molecular flexibility index (Phi) is 5.92. The van der Waals surface area contributed by atoms with Crippen LogP contribution in [-0.2, 0) is 22.4 Å². The lowest BCUT2D eigenvalue weighted by Crippen LogP contribution is -2.54. The first-order chi connectivity index (χ1) is 15.6. The fourth-order valence-corrected chi connectivity index (χ4v) is 3.70. The number of alkyl carbamates (subject to hydrolysis) is 1. The summed E-state index contributed by atoms with van der Waals surface area (Å²) in [6.45, 7) is 5.21. The Hall–Kier alpha value is -3.69. The lowest BCUT2D eigenvalue weighted by atomic mass is 10.1. The molecule has 0 saturated heterocycles. The van der Waals surface area contributed by atoms with Gasteiger partial charge in [0.25, 0.3) is 11.8 Å². The zero-order chi connectivity index (χ0) is 23.6. The molecule has 33 heavy (non-hydrogen) atoms. The number of hydrogen-bond acceptors (Lipinski definition) is 7. The molecule has 0 aliphatic heterocycles. The number of fused-ring (bicyclic) bond motifs is 1. The Morgan fingerprint density at radius 2 is 1.61 bits per heavy atom. The van der Waals surface area contributed by atoms with Crippen LogP contribution < -0.4 is 21.5 Å². The molecular formula is C23H28N6O4. The fourth-order valence-electron chi connectivity index (χ4n) is 3.70. The summed E-state index contributed by atoms with van der Waals surface area (Å²) in [5.74, 6) is -0.634. The van der Waals surface area contributed by atoms with Crippen molar-refractivity contribution in [1.29, 1.82) is 0 Å². The largest absolute Gasteiger partial charge is 0.444 e. The molecule has 4 N–H and O–H groups in total. The van der Waals surface area contributed by atoms with E-state index in [-0.39, 0.29) is 11.6 Å². The van der Waals surface area contributed by atoms with Crippen LogP contribution in [0.1, 0.15) is 55.1 Å². The molecular weight excluding hydrogens is 424 g/mol. The van der Waals surface area contributed by atoms with Gasteiger partial charge in [-0.2, -0.15) is 0 Å². The molecule has 2 aromatic rings. The van der Waals surface area contributed by atoms with Gasteiger partial charge in [-0.15, -0.1) is 0 Å². The number of anilines is 1. The van der Waals surface area contributed by atoms with Gasteiger partial charge in [0.2, 0.25) is 5.95 Å². The molecule has 3 amide bonds. The van der Waals surface area contributed by atoms with Gasteiger partial charge in [-0.25, -0.2) is 14.8 Å². The quantitative estimate of drug-likeness (QED) is 0.509. The standard InChI is InChI=1S/C23H28N6O4/c1-22(2,3)33-21(32)27-23(8-9-23)19(31)29-28-18(30)16-12-24-20(25-13-16)26-17-10-14-6-4-5-7-15(14)11-17/h4-7,12-13,17H,8-11H2,1-3H3,(H,27,32)(H,28,30)(H,29,31)(H,24,25,26). The van der Waals surface area contributed by atoms with Gasteiger partial charge in [-0.3, -0.25) is 20.4 Å². The molecule has 1 aromatic heterocycles. The third-order valence-corrected chi connectivity index (χ3v) is 5.51. The van der Waals surface area contributed by atoms with E-state index in [0.29, 0.717) is 18.8 Å². The number of rotatable bonds is 5. The molecule has 174 valence electrons. The van der Waals surface area contributed by atoms with Gasteiger partial charge in [0.05, 0.1) is 5.56 Å². The van der Waals surface area contributed by atoms with Crippen LogP contribution >= 0.6 is 0 Å². The van der Waals surface area contributed by atoms with Gasteiger partial charge in [-0.05, 0) is 57.6 Å². The molecule has 1 heterocycles. The lowest BCUT2D eigenvalue weighted by Gasteiger charge is -2.23. The van der Waals surface area contributed by atoms with E-state index >= 15 is 0 Å². The lowest BCUT2D eigenvalue weighted by molar-refractivity contribution is -0.125. The van der Waals surface area contributed by atoms with Crippen molar-refractivity contribution in [3.8, 4) is 0 Å². The highest BCUT2D eigenvalue weighted by Gasteiger charge is 2.52. The summed E-state index contributed by atoms with van der Waals surface area (Å²) in [6, 6.07) is 8.50. The maximum Gasteiger partial charge on any atom is 0.408 e. The first-order valence-electron chi connectivity index (χ1n) is 10.9. The van der Waals surface area contributed by atoms with Gasteiger partial charge in [0.1, 0.15) is 11.1 Å². The molecule has 4 rings (SSSR count). The highest BCUT2D eigenvalue weighted by atomic mass is 16.6. The van der Waals surface area contributed by atoms with E-state index in [0.717, 1.165) is 12.8 Å². The average Bonchev–Trinajstić information content (AvgIpc) is 3.41. The maximum absolute atomic E-state index is 12.5. The number of hydrazine groups is 1. The Morgan fingerprint density at radius 3 is 2.15 bits per heavy atom. The highest BCUT2D eigenvalue weighted by Crippen LogP contribution is 2.35. The van der Waals surface area contributed by atoms with E-state index < -0.39 is 29.0 Å². The molecule has 0 radical (unpaired) electrons. The fraction of sp³-hybridized carbons (Fsp3) is 0.435. The topological polar surface area (TPSA) is 134 Å². The van der Waals surface area contributed by atoms with Crippen LogP contribution in [0.5, 0.6) is 0 Å². The molecule has 0 unspecified atom stereocenters. The van der Waals surface area contributed by atoms with Crippen molar-refractivity contribution in [1.82, 2.24) is 26.1 Å². The second-order valence-corrected chi connectivity index (χ2v) is 9.43. The summed E-state index contributed by atoms with van der Waals surface area (Å²) < 4.78 is 5.20. The minimum atomic E-state index is -1.07. The number of ether oxygens (including phenoxy) is 1. The number of carbonyl (C=O) groups is 3. The first-order valence-corrected chi connectivity index (χ1v) is 10.9. The summed E-state index contributed by atoms with van der Waals surface area (Å²) in [5.41, 5.74) is 5.78. The van der Waals surface area contributed by atoms with E-state index in [1.165, 1.54) is 23.5 Å².